The van der Waals surface area contributed by atoms with Crippen molar-refractivity contribution in [1.29, 1.82) is 0 Å². The van der Waals surface area contributed by atoms with E-state index in [1.165, 1.54) is 75.2 Å². The van der Waals surface area contributed by atoms with Gasteiger partial charge in [0.05, 0.1) is 0 Å². The van der Waals surface area contributed by atoms with E-state index >= 15 is 0 Å². The van der Waals surface area contributed by atoms with Crippen LogP contribution >= 0.6 is 0 Å². The fraction of sp³-hybridized carbons (Fsp3) is 0.408. The van der Waals surface area contributed by atoms with Gasteiger partial charge in [0, 0.05) is 0 Å². The van der Waals surface area contributed by atoms with E-state index in [4.69, 9.17) is 0 Å². The van der Waals surface area contributed by atoms with Gasteiger partial charge in [-0.25, -0.2) is 5.57 Å². The van der Waals surface area contributed by atoms with Gasteiger partial charge in [-0.2, -0.15) is 41.0 Å². The molecule has 0 radical (unpaired) electrons. The average Bonchev–Trinajstić information content (AvgIpc) is 3.72. The molecular weight excluding hydrogens is 865 g/mol. The van der Waals surface area contributed by atoms with Crippen molar-refractivity contribution in [3.8, 4) is 11.1 Å². The smallest absolute Gasteiger partial charge is 1.00 e. The van der Waals surface area contributed by atoms with E-state index in [1.54, 1.807) is 0 Å². The third-order valence-electron chi connectivity index (χ3n) is 10.1. The van der Waals surface area contributed by atoms with Crippen LogP contribution in [0.3, 0.4) is 0 Å². The van der Waals surface area contributed by atoms with E-state index in [-0.39, 0.29) is 46.8 Å². The predicted octanol–water partition coefficient (Wildman–Crippen LogP) is 8.64. The summed E-state index contributed by atoms with van der Waals surface area (Å²) < 4.78 is 76.7. The third kappa shape index (κ3) is 13.1. The molecule has 0 spiro atoms. The summed E-state index contributed by atoms with van der Waals surface area (Å²) >= 11 is 0.729. The Morgan fingerprint density at radius 2 is 1.14 bits per heavy atom. The molecule has 2 aliphatic rings. The second-order valence-corrected chi connectivity index (χ2v) is 18.9. The van der Waals surface area contributed by atoms with Crippen LogP contribution in [0.25, 0.3) is 11.1 Å². The number of hydrogen-bond acceptors (Lipinski definition) is 0. The maximum atomic E-state index is 12.7. The van der Waals surface area contributed by atoms with Crippen molar-refractivity contribution in [3.63, 3.8) is 0 Å². The standard InChI is InChI=1S/C21H25.C15H8F6.C13H21.2ClH.Zr/c1-20(2,3)16-9-7-14-11-15-8-10-17(21(4,5)6)13-19(15)18(14)12-16;16-14(17,18)12-5-1-3-10(8-12)7-11-4-2-6-13(9-11)15(19,20)21;1-6-10-8-11(7-2)12(9-10)13(3,4)5;;;/h7,9-10,12-13H,11H2,1-6H3;1-6,8-9H;9-10H,6-7H2,1-5H3;2*1H;/q-1;;-1;;;+2/p-2. The van der Waals surface area contributed by atoms with Crippen LogP contribution in [0, 0.1) is 23.5 Å². The molecule has 0 aromatic heterocycles. The molecule has 0 saturated carbocycles. The van der Waals surface area contributed by atoms with Crippen LogP contribution < -0.4 is 24.8 Å². The molecule has 0 nitrogen and oxygen atoms in total. The SMILES string of the molecule is CC(C)(C)c1c[c-]c2c(c1)-c1cc(C(C)(C)C)ccc1C2.CCC1=[C-]C(CC)C=C1C(C)(C)C.FC(F)(F)c1cccc([C](=[Zr+2])c2cccc(C(F)(F)F)c2)c1.[Cl-].[Cl-]. The summed E-state index contributed by atoms with van der Waals surface area (Å²) in [5.74, 6) is 0.573. The second-order valence-electron chi connectivity index (χ2n) is 17.7. The fourth-order valence-corrected chi connectivity index (χ4v) is 7.48. The zero-order valence-electron chi connectivity index (χ0n) is 35.3. The number of allylic oxidation sites excluding steroid dienone is 4. The number of fused-ring (bicyclic) bond motifs is 3. The van der Waals surface area contributed by atoms with Crippen molar-refractivity contribution in [2.75, 3.05) is 0 Å². The molecular formula is C49H54Cl2F6Zr-2. The molecule has 0 saturated heterocycles. The van der Waals surface area contributed by atoms with Crippen molar-refractivity contribution >= 4 is 3.21 Å². The summed E-state index contributed by atoms with van der Waals surface area (Å²) in [6.45, 7) is 25.0. The minimum absolute atomic E-state index is 0. The van der Waals surface area contributed by atoms with Crippen LogP contribution in [-0.2, 0) is 53.8 Å². The van der Waals surface area contributed by atoms with Gasteiger partial charge < -0.3 is 24.8 Å². The van der Waals surface area contributed by atoms with Gasteiger partial charge in [0.15, 0.2) is 0 Å². The summed E-state index contributed by atoms with van der Waals surface area (Å²) in [4.78, 5) is 0. The molecule has 2 aliphatic carbocycles. The van der Waals surface area contributed by atoms with Crippen molar-refractivity contribution in [1.82, 2.24) is 0 Å². The summed E-state index contributed by atoms with van der Waals surface area (Å²) in [5, 5.41) is 0. The normalized spacial score (nSPS) is 14.9. The number of rotatable bonds is 4. The molecule has 0 heterocycles. The number of benzene rings is 4. The average molecular weight is 919 g/mol. The zero-order chi connectivity index (χ0) is 42.0. The Hall–Kier alpha value is -2.73. The Morgan fingerprint density at radius 1 is 0.638 bits per heavy atom. The van der Waals surface area contributed by atoms with Gasteiger partial charge >= 0.3 is 137 Å². The van der Waals surface area contributed by atoms with Crippen LogP contribution in [0.2, 0.25) is 0 Å². The molecule has 0 N–H and O–H groups in total. The van der Waals surface area contributed by atoms with E-state index in [0.29, 0.717) is 14.5 Å². The Labute approximate surface area is 370 Å². The van der Waals surface area contributed by atoms with Crippen LogP contribution in [-0.4, -0.2) is 3.21 Å². The van der Waals surface area contributed by atoms with Crippen LogP contribution in [0.5, 0.6) is 0 Å². The van der Waals surface area contributed by atoms with Gasteiger partial charge in [0.25, 0.3) is 0 Å². The van der Waals surface area contributed by atoms with Crippen molar-refractivity contribution in [2.45, 2.75) is 119 Å². The van der Waals surface area contributed by atoms with Gasteiger partial charge in [-0.1, -0.05) is 135 Å². The Bertz CT molecular complexity index is 1980. The first-order valence-electron chi connectivity index (χ1n) is 19.2. The molecule has 1 atom stereocenters. The van der Waals surface area contributed by atoms with Crippen molar-refractivity contribution in [3.05, 3.63) is 153 Å². The van der Waals surface area contributed by atoms with E-state index in [1.807, 2.05) is 0 Å². The first-order chi connectivity index (χ1) is 25.7. The predicted molar refractivity (Wildman–Crippen MR) is 215 cm³/mol. The quantitative estimate of drug-likeness (QED) is 0.125. The summed E-state index contributed by atoms with van der Waals surface area (Å²) in [7, 11) is 0. The minimum Gasteiger partial charge on any atom is -1.00 e. The van der Waals surface area contributed by atoms with Crippen LogP contribution in [0.1, 0.15) is 134 Å². The molecule has 4 aromatic carbocycles. The molecule has 0 amide bonds. The summed E-state index contributed by atoms with van der Waals surface area (Å²) in [5.41, 5.74) is 10.9. The molecule has 1 unspecified atom stereocenters. The number of halogens is 8. The number of hydrogen-bond donors (Lipinski definition) is 0. The van der Waals surface area contributed by atoms with Crippen LogP contribution in [0.15, 0.2) is 96.1 Å². The molecule has 0 bridgehead atoms. The first kappa shape index (κ1) is 51.4. The van der Waals surface area contributed by atoms with Gasteiger partial charge in [0.1, 0.15) is 0 Å². The molecule has 9 heteroatoms. The monoisotopic (exact) mass is 916 g/mol. The second kappa shape index (κ2) is 19.8. The molecule has 6 rings (SSSR count). The fourth-order valence-electron chi connectivity index (χ4n) is 6.71. The molecule has 312 valence electrons. The largest absolute Gasteiger partial charge is 1.00 e. The van der Waals surface area contributed by atoms with Gasteiger partial charge in [-0.15, -0.1) is 5.56 Å². The number of alkyl halides is 6. The summed E-state index contributed by atoms with van der Waals surface area (Å²) in [6, 6.07) is 24.2. The minimum atomic E-state index is -4.49. The van der Waals surface area contributed by atoms with E-state index < -0.39 is 23.5 Å². The van der Waals surface area contributed by atoms with Crippen LogP contribution in [0.4, 0.5) is 26.3 Å². The van der Waals surface area contributed by atoms with Gasteiger partial charge in [0.2, 0.25) is 0 Å². The van der Waals surface area contributed by atoms with Crippen molar-refractivity contribution in [2.24, 2.45) is 11.3 Å². The maximum absolute atomic E-state index is 12.7. The molecule has 4 aromatic rings. The van der Waals surface area contributed by atoms with E-state index in [9.17, 15) is 26.3 Å². The maximum Gasteiger partial charge on any atom is -1.00 e. The zero-order valence-corrected chi connectivity index (χ0v) is 39.3. The topological polar surface area (TPSA) is 0 Å². The van der Waals surface area contributed by atoms with E-state index in [0.717, 1.165) is 61.3 Å². The summed E-state index contributed by atoms with van der Waals surface area (Å²) in [6.07, 6.45) is 0.336. The Morgan fingerprint density at radius 3 is 1.55 bits per heavy atom. The third-order valence-corrected chi connectivity index (χ3v) is 11.6. The van der Waals surface area contributed by atoms with Crippen molar-refractivity contribution < 1.29 is 75.4 Å². The van der Waals surface area contributed by atoms with E-state index in [2.05, 4.69) is 125 Å². The van der Waals surface area contributed by atoms with Gasteiger partial charge in [-0.05, 0) is 17.4 Å². The van der Waals surface area contributed by atoms with Gasteiger partial charge in [-0.3, -0.25) is 6.08 Å². The molecule has 58 heavy (non-hydrogen) atoms. The molecule has 0 aliphatic heterocycles. The Kier molecular flexibility index (Phi) is 17.5. The molecule has 0 fully saturated rings. The Balaban J connectivity index is 0.000000305. The first-order valence-corrected chi connectivity index (χ1v) is 20.4.